The maximum atomic E-state index is 12.6. The Morgan fingerprint density at radius 3 is 2.93 bits per heavy atom. The molecule has 1 aromatic carbocycles. The van der Waals surface area contributed by atoms with Crippen LogP contribution in [0.3, 0.4) is 0 Å². The van der Waals surface area contributed by atoms with Gasteiger partial charge in [0.15, 0.2) is 5.13 Å². The first kappa shape index (κ1) is 19.0. The lowest BCUT2D eigenvalue weighted by Gasteiger charge is -2.12. The number of hydrogen-bond donors (Lipinski definition) is 1. The van der Waals surface area contributed by atoms with Gasteiger partial charge in [0, 0.05) is 43.4 Å². The fourth-order valence-corrected chi connectivity index (χ4v) is 5.85. The van der Waals surface area contributed by atoms with E-state index in [0.29, 0.717) is 30.2 Å². The maximum Gasteiger partial charge on any atom is 0.240 e. The van der Waals surface area contributed by atoms with Crippen LogP contribution in [0.2, 0.25) is 5.02 Å². The highest BCUT2D eigenvalue weighted by Gasteiger charge is 2.26. The van der Waals surface area contributed by atoms with E-state index in [1.807, 2.05) is 12.3 Å². The summed E-state index contributed by atoms with van der Waals surface area (Å²) in [5, 5.41) is 3.38. The summed E-state index contributed by atoms with van der Waals surface area (Å²) in [5.41, 5.74) is 1.75. The molecule has 3 heterocycles. The summed E-state index contributed by atoms with van der Waals surface area (Å²) in [6, 6.07) is 3.11. The van der Waals surface area contributed by atoms with Crippen LogP contribution in [0.25, 0.3) is 0 Å². The summed E-state index contributed by atoms with van der Waals surface area (Å²) >= 11 is 7.83. The molecule has 0 bridgehead atoms. The average Bonchev–Trinajstić information content (AvgIpc) is 3.33. The van der Waals surface area contributed by atoms with Gasteiger partial charge in [0.1, 0.15) is 11.9 Å². The van der Waals surface area contributed by atoms with Crippen molar-refractivity contribution in [2.45, 2.75) is 43.6 Å². The van der Waals surface area contributed by atoms with Crippen LogP contribution in [0.5, 0.6) is 5.75 Å². The van der Waals surface area contributed by atoms with Crippen LogP contribution >= 0.6 is 22.9 Å². The van der Waals surface area contributed by atoms with E-state index in [9.17, 15) is 8.42 Å². The molecule has 1 aromatic heterocycles. The predicted molar refractivity (Wildman–Crippen MR) is 108 cm³/mol. The lowest BCUT2D eigenvalue weighted by atomic mass is 10.1. The van der Waals surface area contributed by atoms with E-state index in [0.717, 1.165) is 29.5 Å². The normalized spacial score (nSPS) is 19.3. The molecule has 0 radical (unpaired) electrons. The minimum Gasteiger partial charge on any atom is -0.489 e. The Morgan fingerprint density at radius 2 is 2.15 bits per heavy atom. The van der Waals surface area contributed by atoms with Crippen molar-refractivity contribution in [2.75, 3.05) is 24.5 Å². The molecule has 0 spiro atoms. The maximum absolute atomic E-state index is 12.6. The lowest BCUT2D eigenvalue weighted by Crippen LogP contribution is -2.26. The van der Waals surface area contributed by atoms with Crippen molar-refractivity contribution in [2.24, 2.45) is 0 Å². The van der Waals surface area contributed by atoms with E-state index in [4.69, 9.17) is 16.3 Å². The number of ether oxygens (including phenoxy) is 1. The predicted octanol–water partition coefficient (Wildman–Crippen LogP) is 3.24. The molecule has 2 aliphatic heterocycles. The molecule has 2 aliphatic rings. The topological polar surface area (TPSA) is 71.5 Å². The zero-order valence-corrected chi connectivity index (χ0v) is 17.5. The number of benzene rings is 1. The highest BCUT2D eigenvalue weighted by atomic mass is 35.5. The van der Waals surface area contributed by atoms with Gasteiger partial charge in [-0.05, 0) is 31.9 Å². The van der Waals surface area contributed by atoms with Crippen molar-refractivity contribution >= 4 is 38.1 Å². The largest absolute Gasteiger partial charge is 0.489 e. The average molecular weight is 428 g/mol. The molecule has 0 saturated carbocycles. The summed E-state index contributed by atoms with van der Waals surface area (Å²) in [7, 11) is -3.63. The van der Waals surface area contributed by atoms with E-state index in [-0.39, 0.29) is 11.0 Å². The Hall–Kier alpha value is -1.35. The minimum absolute atomic E-state index is 0.0119. The van der Waals surface area contributed by atoms with Gasteiger partial charge in [0.05, 0.1) is 15.6 Å². The fraction of sp³-hybridized carbons (Fsp3) is 0.500. The third-order valence-electron chi connectivity index (χ3n) is 4.82. The van der Waals surface area contributed by atoms with Gasteiger partial charge < -0.3 is 9.64 Å². The number of anilines is 1. The smallest absolute Gasteiger partial charge is 0.240 e. The second-order valence-corrected chi connectivity index (χ2v) is 10.00. The number of fused-ring (bicyclic) bond motifs is 1. The molecule has 0 aliphatic carbocycles. The number of sulfonamides is 1. The highest BCUT2D eigenvalue weighted by molar-refractivity contribution is 7.89. The number of nitrogens with zero attached hydrogens (tertiary/aromatic N) is 2. The standard InChI is InChI=1S/C18H22ClN3O3S2/c1-12-8-13-9-15(10-16(19)17(13)25-12)27(23,24)20-5-4-14-11-26-18(21-14)22-6-2-3-7-22/h9-12,20H,2-8H2,1H3. The van der Waals surface area contributed by atoms with Gasteiger partial charge in [-0.2, -0.15) is 0 Å². The quantitative estimate of drug-likeness (QED) is 0.766. The Morgan fingerprint density at radius 1 is 1.37 bits per heavy atom. The Kier molecular flexibility index (Phi) is 5.33. The zero-order chi connectivity index (χ0) is 19.0. The van der Waals surface area contributed by atoms with Crippen LogP contribution in [0.4, 0.5) is 5.13 Å². The van der Waals surface area contributed by atoms with Crippen molar-refractivity contribution in [1.29, 1.82) is 0 Å². The molecular weight excluding hydrogens is 406 g/mol. The van der Waals surface area contributed by atoms with Crippen LogP contribution in [0, 0.1) is 0 Å². The molecule has 1 atom stereocenters. The van der Waals surface area contributed by atoms with Crippen LogP contribution in [0.1, 0.15) is 31.0 Å². The molecule has 9 heteroatoms. The first-order valence-electron chi connectivity index (χ1n) is 9.10. The zero-order valence-electron chi connectivity index (χ0n) is 15.1. The molecule has 146 valence electrons. The third-order valence-corrected chi connectivity index (χ3v) is 7.49. The van der Waals surface area contributed by atoms with Crippen LogP contribution in [0.15, 0.2) is 22.4 Å². The summed E-state index contributed by atoms with van der Waals surface area (Å²) in [6.07, 6.45) is 3.65. The molecule has 1 N–H and O–H groups in total. The number of hydrogen-bond acceptors (Lipinski definition) is 6. The van der Waals surface area contributed by atoms with Gasteiger partial charge >= 0.3 is 0 Å². The first-order valence-corrected chi connectivity index (χ1v) is 11.8. The minimum atomic E-state index is -3.63. The van der Waals surface area contributed by atoms with Crippen LogP contribution < -0.4 is 14.4 Å². The molecule has 2 aromatic rings. The van der Waals surface area contributed by atoms with Gasteiger partial charge in [-0.3, -0.25) is 0 Å². The third kappa shape index (κ3) is 4.08. The van der Waals surface area contributed by atoms with Crippen molar-refractivity contribution in [3.05, 3.63) is 33.8 Å². The lowest BCUT2D eigenvalue weighted by molar-refractivity contribution is 0.255. The summed E-state index contributed by atoms with van der Waals surface area (Å²) < 4.78 is 33.6. The Labute approximate surface area is 168 Å². The van der Waals surface area contributed by atoms with Gasteiger partial charge in [-0.25, -0.2) is 18.1 Å². The molecule has 1 fully saturated rings. The fourth-order valence-electron chi connectivity index (χ4n) is 3.48. The van der Waals surface area contributed by atoms with Crippen molar-refractivity contribution in [1.82, 2.24) is 9.71 Å². The van der Waals surface area contributed by atoms with Crippen molar-refractivity contribution < 1.29 is 13.2 Å². The van der Waals surface area contributed by atoms with Crippen molar-refractivity contribution in [3.63, 3.8) is 0 Å². The molecule has 1 unspecified atom stereocenters. The molecule has 27 heavy (non-hydrogen) atoms. The van der Waals surface area contributed by atoms with Gasteiger partial charge in [-0.15, -0.1) is 11.3 Å². The monoisotopic (exact) mass is 427 g/mol. The Bertz CT molecular complexity index is 939. The molecule has 0 amide bonds. The Balaban J connectivity index is 1.39. The second kappa shape index (κ2) is 7.58. The van der Waals surface area contributed by atoms with Gasteiger partial charge in [0.25, 0.3) is 0 Å². The number of thiazole rings is 1. The summed E-state index contributed by atoms with van der Waals surface area (Å²) in [5.74, 6) is 0.597. The first-order chi connectivity index (χ1) is 12.9. The number of aromatic nitrogens is 1. The summed E-state index contributed by atoms with van der Waals surface area (Å²) in [6.45, 7) is 4.35. The van der Waals surface area contributed by atoms with Crippen molar-refractivity contribution in [3.8, 4) is 5.75 Å². The van der Waals surface area contributed by atoms with E-state index in [2.05, 4.69) is 14.6 Å². The molecular formula is C18H22ClN3O3S2. The molecule has 6 nitrogen and oxygen atoms in total. The summed E-state index contributed by atoms with van der Waals surface area (Å²) in [4.78, 5) is 7.09. The molecule has 4 rings (SSSR count). The van der Waals surface area contributed by atoms with Crippen LogP contribution in [-0.4, -0.2) is 39.1 Å². The van der Waals surface area contributed by atoms with E-state index < -0.39 is 10.0 Å². The number of rotatable bonds is 6. The van der Waals surface area contributed by atoms with Gasteiger partial charge in [0.2, 0.25) is 10.0 Å². The molecule has 1 saturated heterocycles. The highest BCUT2D eigenvalue weighted by Crippen LogP contribution is 2.37. The second-order valence-electron chi connectivity index (χ2n) is 6.99. The van der Waals surface area contributed by atoms with E-state index >= 15 is 0 Å². The van der Waals surface area contributed by atoms with E-state index in [1.54, 1.807) is 17.4 Å². The van der Waals surface area contributed by atoms with Gasteiger partial charge in [-0.1, -0.05) is 11.6 Å². The number of halogens is 1. The SMILES string of the molecule is CC1Cc2cc(S(=O)(=O)NCCc3csc(N4CCCC4)n3)cc(Cl)c2O1. The van der Waals surface area contributed by atoms with E-state index in [1.165, 1.54) is 18.9 Å². The number of nitrogens with one attached hydrogen (secondary N) is 1. The van der Waals surface area contributed by atoms with Crippen LogP contribution in [-0.2, 0) is 22.9 Å².